The van der Waals surface area contributed by atoms with E-state index in [2.05, 4.69) is 37.5 Å². The average molecular weight is 484 g/mol. The van der Waals surface area contributed by atoms with Gasteiger partial charge in [0.05, 0.1) is 17.9 Å². The van der Waals surface area contributed by atoms with Gasteiger partial charge in [-0.1, -0.05) is 25.3 Å². The van der Waals surface area contributed by atoms with Gasteiger partial charge in [0.1, 0.15) is 11.6 Å². The summed E-state index contributed by atoms with van der Waals surface area (Å²) in [5, 5.41) is 4.89. The van der Waals surface area contributed by atoms with E-state index in [1.165, 1.54) is 18.6 Å². The SMILES string of the molecule is Cc1nn(-c2cccc(F)c2)c(N2CCN(C(C)C)CC2)c1CN(C(=O)C1CCCCC1)C(C)C. The standard InChI is InChI=1S/C28H42FN5O/c1-20(2)31-14-16-32(17-15-31)27-26(22(5)30-34(27)25-13-9-12-24(29)18-25)19-33(21(3)4)28(35)23-10-7-6-8-11-23/h9,12-13,18,20-21,23H,6-8,10-11,14-17,19H2,1-5H3. The predicted molar refractivity (Wildman–Crippen MR) is 139 cm³/mol. The Morgan fingerprint density at radius 1 is 1.09 bits per heavy atom. The number of halogens is 1. The van der Waals surface area contributed by atoms with Crippen LogP contribution in [-0.4, -0.2) is 63.8 Å². The van der Waals surface area contributed by atoms with Crippen molar-refractivity contribution in [3.05, 3.63) is 41.3 Å². The number of nitrogens with zero attached hydrogens (tertiary/aromatic N) is 5. The lowest BCUT2D eigenvalue weighted by atomic mass is 9.88. The zero-order valence-electron chi connectivity index (χ0n) is 22.1. The maximum atomic E-state index is 14.2. The van der Waals surface area contributed by atoms with Crippen LogP contribution in [-0.2, 0) is 11.3 Å². The molecule has 1 saturated heterocycles. The van der Waals surface area contributed by atoms with Gasteiger partial charge in [-0.25, -0.2) is 9.07 Å². The predicted octanol–water partition coefficient (Wildman–Crippen LogP) is 5.17. The lowest BCUT2D eigenvalue weighted by Crippen LogP contribution is -2.49. The van der Waals surface area contributed by atoms with Crippen LogP contribution in [0.3, 0.4) is 0 Å². The van der Waals surface area contributed by atoms with Crippen LogP contribution >= 0.6 is 0 Å². The van der Waals surface area contributed by atoms with Crippen LogP contribution in [0.4, 0.5) is 10.2 Å². The Hall–Kier alpha value is -2.41. The highest BCUT2D eigenvalue weighted by molar-refractivity contribution is 5.79. The molecule has 1 aromatic carbocycles. The number of amides is 1. The summed E-state index contributed by atoms with van der Waals surface area (Å²) in [6.07, 6.45) is 5.51. The summed E-state index contributed by atoms with van der Waals surface area (Å²) in [5.74, 6) is 1.12. The van der Waals surface area contributed by atoms with Gasteiger partial charge in [0, 0.05) is 49.7 Å². The Kier molecular flexibility index (Phi) is 8.15. The molecule has 0 N–H and O–H groups in total. The van der Waals surface area contributed by atoms with E-state index in [1.54, 1.807) is 6.07 Å². The number of carbonyl (C=O) groups excluding carboxylic acids is 1. The van der Waals surface area contributed by atoms with Crippen molar-refractivity contribution < 1.29 is 9.18 Å². The van der Waals surface area contributed by atoms with Gasteiger partial charge in [0.25, 0.3) is 0 Å². The summed E-state index contributed by atoms with van der Waals surface area (Å²) in [6, 6.07) is 7.25. The third kappa shape index (κ3) is 5.71. The van der Waals surface area contributed by atoms with Crippen LogP contribution < -0.4 is 4.90 Å². The van der Waals surface area contributed by atoms with Crippen molar-refractivity contribution in [3.8, 4) is 5.69 Å². The Labute approximate surface area is 210 Å². The van der Waals surface area contributed by atoms with Gasteiger partial charge in [-0.15, -0.1) is 0 Å². The molecule has 35 heavy (non-hydrogen) atoms. The van der Waals surface area contributed by atoms with E-state index in [4.69, 9.17) is 5.10 Å². The van der Waals surface area contributed by atoms with Crippen molar-refractivity contribution in [2.24, 2.45) is 5.92 Å². The van der Waals surface area contributed by atoms with E-state index in [-0.39, 0.29) is 23.7 Å². The summed E-state index contributed by atoms with van der Waals surface area (Å²) >= 11 is 0. The number of rotatable bonds is 7. The number of piperazine rings is 1. The number of carbonyl (C=O) groups is 1. The molecule has 1 aliphatic carbocycles. The molecule has 2 aromatic rings. The molecule has 1 aromatic heterocycles. The summed E-state index contributed by atoms with van der Waals surface area (Å²) in [4.78, 5) is 20.5. The van der Waals surface area contributed by atoms with Crippen LogP contribution in [0, 0.1) is 18.7 Å². The number of aryl methyl sites for hydroxylation is 1. The highest BCUT2D eigenvalue weighted by Gasteiger charge is 2.32. The van der Waals surface area contributed by atoms with Crippen molar-refractivity contribution in [2.45, 2.75) is 85.4 Å². The topological polar surface area (TPSA) is 44.6 Å². The normalized spacial score (nSPS) is 18.0. The zero-order valence-corrected chi connectivity index (χ0v) is 22.1. The molecular weight excluding hydrogens is 441 g/mol. The Morgan fingerprint density at radius 2 is 1.77 bits per heavy atom. The first kappa shape index (κ1) is 25.7. The van der Waals surface area contributed by atoms with Crippen molar-refractivity contribution in [2.75, 3.05) is 31.1 Å². The van der Waals surface area contributed by atoms with Gasteiger partial charge >= 0.3 is 0 Å². The maximum Gasteiger partial charge on any atom is 0.226 e. The van der Waals surface area contributed by atoms with Gasteiger partial charge < -0.3 is 9.80 Å². The smallest absolute Gasteiger partial charge is 0.226 e. The quantitative estimate of drug-likeness (QED) is 0.545. The molecule has 4 rings (SSSR count). The fourth-order valence-corrected chi connectivity index (χ4v) is 5.56. The molecular formula is C28H42FN5O. The van der Waals surface area contributed by atoms with Gasteiger partial charge in [0.15, 0.2) is 0 Å². The largest absolute Gasteiger partial charge is 0.354 e. The second-order valence-electron chi connectivity index (χ2n) is 10.8. The number of anilines is 1. The molecule has 0 atom stereocenters. The fourth-order valence-electron chi connectivity index (χ4n) is 5.56. The summed E-state index contributed by atoms with van der Waals surface area (Å²) < 4.78 is 16.1. The lowest BCUT2D eigenvalue weighted by molar-refractivity contribution is -0.139. The highest BCUT2D eigenvalue weighted by atomic mass is 19.1. The minimum absolute atomic E-state index is 0.104. The molecule has 2 aliphatic rings. The van der Waals surface area contributed by atoms with Crippen LogP contribution in [0.1, 0.15) is 71.1 Å². The molecule has 2 heterocycles. The Bertz CT molecular complexity index is 1000. The molecule has 1 amide bonds. The molecule has 2 fully saturated rings. The molecule has 0 bridgehead atoms. The zero-order chi connectivity index (χ0) is 25.1. The van der Waals surface area contributed by atoms with E-state index >= 15 is 0 Å². The second kappa shape index (κ2) is 11.1. The highest BCUT2D eigenvalue weighted by Crippen LogP contribution is 2.32. The van der Waals surface area contributed by atoms with Crippen LogP contribution in [0.2, 0.25) is 0 Å². The fraction of sp³-hybridized carbons (Fsp3) is 0.643. The summed E-state index contributed by atoms with van der Waals surface area (Å²) in [6.45, 7) is 14.9. The molecule has 0 radical (unpaired) electrons. The van der Waals surface area contributed by atoms with Crippen molar-refractivity contribution in [3.63, 3.8) is 0 Å². The molecule has 1 aliphatic heterocycles. The molecule has 1 saturated carbocycles. The molecule has 0 unspecified atom stereocenters. The molecule has 0 spiro atoms. The minimum Gasteiger partial charge on any atom is -0.354 e. The first-order chi connectivity index (χ1) is 16.8. The first-order valence-electron chi connectivity index (χ1n) is 13.4. The Balaban J connectivity index is 1.70. The Morgan fingerprint density at radius 3 is 2.37 bits per heavy atom. The monoisotopic (exact) mass is 483 g/mol. The third-order valence-electron chi connectivity index (χ3n) is 7.74. The van der Waals surface area contributed by atoms with Crippen LogP contribution in [0.5, 0.6) is 0 Å². The number of benzene rings is 1. The number of aromatic nitrogens is 2. The van der Waals surface area contributed by atoms with Crippen LogP contribution in [0.15, 0.2) is 24.3 Å². The average Bonchev–Trinajstić information content (AvgIpc) is 3.18. The number of hydrogen-bond donors (Lipinski definition) is 0. The number of hydrogen-bond acceptors (Lipinski definition) is 4. The van der Waals surface area contributed by atoms with Gasteiger partial charge in [-0.3, -0.25) is 9.69 Å². The van der Waals surface area contributed by atoms with E-state index in [0.29, 0.717) is 12.6 Å². The van der Waals surface area contributed by atoms with Crippen molar-refractivity contribution >= 4 is 11.7 Å². The summed E-state index contributed by atoms with van der Waals surface area (Å²) in [5.41, 5.74) is 2.69. The van der Waals surface area contributed by atoms with Gasteiger partial charge in [0.2, 0.25) is 5.91 Å². The van der Waals surface area contributed by atoms with Crippen molar-refractivity contribution in [1.82, 2.24) is 19.6 Å². The van der Waals surface area contributed by atoms with Gasteiger partial charge in [-0.05, 0) is 65.7 Å². The van der Waals surface area contributed by atoms with E-state index < -0.39 is 0 Å². The lowest BCUT2D eigenvalue weighted by Gasteiger charge is -2.39. The van der Waals surface area contributed by atoms with E-state index in [0.717, 1.165) is 74.6 Å². The molecule has 192 valence electrons. The molecule has 7 heteroatoms. The third-order valence-corrected chi connectivity index (χ3v) is 7.74. The first-order valence-corrected chi connectivity index (χ1v) is 13.4. The second-order valence-corrected chi connectivity index (χ2v) is 10.8. The van der Waals surface area contributed by atoms with Crippen LogP contribution in [0.25, 0.3) is 5.69 Å². The maximum absolute atomic E-state index is 14.2. The van der Waals surface area contributed by atoms with E-state index in [9.17, 15) is 9.18 Å². The van der Waals surface area contributed by atoms with Gasteiger partial charge in [-0.2, -0.15) is 5.10 Å². The summed E-state index contributed by atoms with van der Waals surface area (Å²) in [7, 11) is 0. The molecule has 6 nitrogen and oxygen atoms in total. The minimum atomic E-state index is -0.274. The van der Waals surface area contributed by atoms with E-state index in [1.807, 2.05) is 22.6 Å². The van der Waals surface area contributed by atoms with Crippen molar-refractivity contribution in [1.29, 1.82) is 0 Å².